The lowest BCUT2D eigenvalue weighted by Gasteiger charge is -2.28. The Hall–Kier alpha value is -1.12. The third-order valence-corrected chi connectivity index (χ3v) is 8.51. The van der Waals surface area contributed by atoms with Crippen molar-refractivity contribution in [2.24, 2.45) is 0 Å². The minimum absolute atomic E-state index is 0.249. The van der Waals surface area contributed by atoms with Crippen LogP contribution in [0.25, 0.3) is 0 Å². The van der Waals surface area contributed by atoms with E-state index in [4.69, 9.17) is 9.47 Å². The maximum Gasteiger partial charge on any atom is 0.168 e. The van der Waals surface area contributed by atoms with Crippen LogP contribution in [0, 0.1) is 0 Å². The molecule has 0 bridgehead atoms. The molecular weight excluding hydrogens is 512 g/mol. The molecule has 0 aromatic carbocycles. The van der Waals surface area contributed by atoms with Gasteiger partial charge in [0.1, 0.15) is 0 Å². The largest absolute Gasteiger partial charge is 0.347 e. The topological polar surface area (TPSA) is 18.5 Å². The van der Waals surface area contributed by atoms with E-state index in [1.165, 1.54) is 141 Å². The Morgan fingerprint density at radius 2 is 0.833 bits per heavy atom. The van der Waals surface area contributed by atoms with Gasteiger partial charge in [0, 0.05) is 12.8 Å². The van der Waals surface area contributed by atoms with Gasteiger partial charge in [-0.25, -0.2) is 0 Å². The standard InChI is InChI=1S/C40H72O2/c1-4-6-8-10-12-14-16-18-20-22-24-26-28-30-32-34-36-40(41-38-39(3)42-40)37-35-33-31-29-27-25-23-21-19-17-15-13-11-9-7-5-2/h12-15,18-21,39H,4-11,16-17,22-38H2,1-3H3/t39-,40?/m0/s1. The van der Waals surface area contributed by atoms with E-state index in [1.54, 1.807) is 0 Å². The van der Waals surface area contributed by atoms with E-state index in [0.717, 1.165) is 32.3 Å². The second kappa shape index (κ2) is 29.9. The number of hydrogen-bond acceptors (Lipinski definition) is 2. The normalized spacial score (nSPS) is 19.5. The van der Waals surface area contributed by atoms with E-state index < -0.39 is 0 Å². The van der Waals surface area contributed by atoms with Crippen molar-refractivity contribution in [1.82, 2.24) is 0 Å². The molecule has 1 atom stereocenters. The Morgan fingerprint density at radius 3 is 1.19 bits per heavy atom. The van der Waals surface area contributed by atoms with Crippen molar-refractivity contribution in [3.63, 3.8) is 0 Å². The van der Waals surface area contributed by atoms with Crippen LogP contribution >= 0.6 is 0 Å². The Labute approximate surface area is 263 Å². The molecule has 0 unspecified atom stereocenters. The molecule has 0 radical (unpaired) electrons. The molecule has 1 aliphatic rings. The molecule has 0 aliphatic carbocycles. The van der Waals surface area contributed by atoms with Gasteiger partial charge in [-0.05, 0) is 84.0 Å². The first kappa shape index (κ1) is 38.9. The van der Waals surface area contributed by atoms with Gasteiger partial charge >= 0.3 is 0 Å². The molecule has 1 rings (SSSR count). The third-order valence-electron chi connectivity index (χ3n) is 8.51. The molecule has 1 saturated heterocycles. The van der Waals surface area contributed by atoms with Crippen LogP contribution in [0.1, 0.15) is 188 Å². The Morgan fingerprint density at radius 1 is 0.476 bits per heavy atom. The van der Waals surface area contributed by atoms with Crippen molar-refractivity contribution < 1.29 is 9.47 Å². The summed E-state index contributed by atoms with van der Waals surface area (Å²) in [7, 11) is 0. The first-order chi connectivity index (χ1) is 20.7. The monoisotopic (exact) mass is 585 g/mol. The molecule has 1 fully saturated rings. The Kier molecular flexibility index (Phi) is 27.7. The van der Waals surface area contributed by atoms with E-state index in [1.807, 2.05) is 0 Å². The molecule has 2 nitrogen and oxygen atoms in total. The van der Waals surface area contributed by atoms with E-state index in [-0.39, 0.29) is 11.9 Å². The quantitative estimate of drug-likeness (QED) is 0.0617. The second-order valence-electron chi connectivity index (χ2n) is 12.8. The summed E-state index contributed by atoms with van der Waals surface area (Å²) >= 11 is 0. The highest BCUT2D eigenvalue weighted by Crippen LogP contribution is 2.34. The highest BCUT2D eigenvalue weighted by atomic mass is 16.7. The van der Waals surface area contributed by atoms with Gasteiger partial charge in [-0.1, -0.05) is 140 Å². The molecule has 42 heavy (non-hydrogen) atoms. The Balaban J connectivity index is 1.99. The summed E-state index contributed by atoms with van der Waals surface area (Å²) in [6, 6.07) is 0. The average molecular weight is 585 g/mol. The molecule has 1 heterocycles. The van der Waals surface area contributed by atoms with Crippen LogP contribution in [0.3, 0.4) is 0 Å². The fourth-order valence-electron chi connectivity index (χ4n) is 5.86. The predicted octanol–water partition coefficient (Wildman–Crippen LogP) is 13.5. The number of hydrogen-bond donors (Lipinski definition) is 0. The van der Waals surface area contributed by atoms with Crippen molar-refractivity contribution in [2.45, 2.75) is 200 Å². The molecule has 0 amide bonds. The van der Waals surface area contributed by atoms with E-state index in [2.05, 4.69) is 69.4 Å². The highest BCUT2D eigenvalue weighted by Gasteiger charge is 2.38. The average Bonchev–Trinajstić information content (AvgIpc) is 3.37. The minimum atomic E-state index is -0.288. The van der Waals surface area contributed by atoms with Gasteiger partial charge in [-0.3, -0.25) is 0 Å². The number of rotatable bonds is 30. The highest BCUT2D eigenvalue weighted by molar-refractivity contribution is 4.93. The molecule has 2 heteroatoms. The maximum atomic E-state index is 6.35. The minimum Gasteiger partial charge on any atom is -0.347 e. The van der Waals surface area contributed by atoms with Crippen molar-refractivity contribution >= 4 is 0 Å². The first-order valence-electron chi connectivity index (χ1n) is 18.6. The second-order valence-corrected chi connectivity index (χ2v) is 12.8. The van der Waals surface area contributed by atoms with Crippen LogP contribution in [-0.2, 0) is 9.47 Å². The van der Waals surface area contributed by atoms with E-state index >= 15 is 0 Å². The first-order valence-corrected chi connectivity index (χ1v) is 18.6. The summed E-state index contributed by atoms with van der Waals surface area (Å²) in [5.41, 5.74) is 0. The maximum absolute atomic E-state index is 6.35. The lowest BCUT2D eigenvalue weighted by Crippen LogP contribution is -2.30. The van der Waals surface area contributed by atoms with Gasteiger partial charge in [0.2, 0.25) is 0 Å². The van der Waals surface area contributed by atoms with E-state index in [9.17, 15) is 0 Å². The van der Waals surface area contributed by atoms with Crippen LogP contribution in [0.2, 0.25) is 0 Å². The lowest BCUT2D eigenvalue weighted by molar-refractivity contribution is -0.177. The Bertz CT molecular complexity index is 625. The fraction of sp³-hybridized carbons (Fsp3) is 0.800. The van der Waals surface area contributed by atoms with Crippen molar-refractivity contribution in [2.75, 3.05) is 6.61 Å². The molecule has 0 aromatic rings. The van der Waals surface area contributed by atoms with Crippen molar-refractivity contribution in [3.05, 3.63) is 48.6 Å². The van der Waals surface area contributed by atoms with E-state index in [0.29, 0.717) is 0 Å². The molecule has 1 aliphatic heterocycles. The summed E-state index contributed by atoms with van der Waals surface area (Å²) in [5, 5.41) is 0. The number of allylic oxidation sites excluding steroid dienone is 8. The van der Waals surface area contributed by atoms with Gasteiger partial charge in [0.15, 0.2) is 5.79 Å². The van der Waals surface area contributed by atoms with Crippen LogP contribution in [0.4, 0.5) is 0 Å². The predicted molar refractivity (Wildman–Crippen MR) is 187 cm³/mol. The van der Waals surface area contributed by atoms with Gasteiger partial charge in [-0.15, -0.1) is 0 Å². The molecule has 0 spiro atoms. The van der Waals surface area contributed by atoms with Gasteiger partial charge < -0.3 is 9.47 Å². The summed E-state index contributed by atoms with van der Waals surface area (Å²) in [4.78, 5) is 0. The molecule has 244 valence electrons. The summed E-state index contributed by atoms with van der Waals surface area (Å²) in [5.74, 6) is -0.288. The van der Waals surface area contributed by atoms with Crippen LogP contribution in [0.5, 0.6) is 0 Å². The van der Waals surface area contributed by atoms with Crippen LogP contribution in [-0.4, -0.2) is 18.5 Å². The molecule has 0 saturated carbocycles. The fourth-order valence-corrected chi connectivity index (χ4v) is 5.86. The van der Waals surface area contributed by atoms with Gasteiger partial charge in [0.25, 0.3) is 0 Å². The molecule has 0 N–H and O–H groups in total. The summed E-state index contributed by atoms with van der Waals surface area (Å²) in [6.07, 6.45) is 52.3. The smallest absolute Gasteiger partial charge is 0.168 e. The van der Waals surface area contributed by atoms with Crippen LogP contribution in [0.15, 0.2) is 48.6 Å². The van der Waals surface area contributed by atoms with Crippen molar-refractivity contribution in [1.29, 1.82) is 0 Å². The number of ether oxygens (including phenoxy) is 2. The SMILES string of the molecule is CCCCCC=CCC=CCCCCCCCCC1(CCCCCCCCC=CCC=CCCCCC)OC[C@H](C)O1. The lowest BCUT2D eigenvalue weighted by atomic mass is 9.98. The molecular formula is C40H72O2. The number of unbranched alkanes of at least 4 members (excludes halogenated alkanes) is 18. The van der Waals surface area contributed by atoms with Crippen molar-refractivity contribution in [3.8, 4) is 0 Å². The third kappa shape index (κ3) is 24.3. The summed E-state index contributed by atoms with van der Waals surface area (Å²) in [6.45, 7) is 7.47. The van der Waals surface area contributed by atoms with Crippen LogP contribution < -0.4 is 0 Å². The zero-order chi connectivity index (χ0) is 30.2. The van der Waals surface area contributed by atoms with Gasteiger partial charge in [-0.2, -0.15) is 0 Å². The zero-order valence-electron chi connectivity index (χ0n) is 28.6. The van der Waals surface area contributed by atoms with Gasteiger partial charge in [0.05, 0.1) is 12.7 Å². The zero-order valence-corrected chi connectivity index (χ0v) is 28.6. The molecule has 0 aromatic heterocycles. The summed E-state index contributed by atoms with van der Waals surface area (Å²) < 4.78 is 12.6.